The van der Waals surface area contributed by atoms with Crippen molar-refractivity contribution in [3.05, 3.63) is 34.5 Å². The Kier molecular flexibility index (Phi) is 2.94. The maximum Gasteiger partial charge on any atom is 0.182 e. The van der Waals surface area contributed by atoms with Crippen LogP contribution in [0.4, 0.5) is 0 Å². The molecule has 3 rings (SSSR count). The third-order valence-electron chi connectivity index (χ3n) is 4.18. The molecule has 2 N–H and O–H groups in total. The number of rotatable bonds is 2. The van der Waals surface area contributed by atoms with Crippen molar-refractivity contribution in [1.29, 1.82) is 0 Å². The van der Waals surface area contributed by atoms with Crippen LogP contribution in [0, 0.1) is 20.8 Å². The summed E-state index contributed by atoms with van der Waals surface area (Å²) in [6, 6.07) is 4.21. The SMILES string of the molecule is Cc1[nH]c2c(C)ccc(C)c2c1C(=O)C1CCCN1. The molecule has 0 bridgehead atoms. The number of aryl methyl sites for hydroxylation is 3. The zero-order valence-corrected chi connectivity index (χ0v) is 11.8. The zero-order chi connectivity index (χ0) is 13.6. The van der Waals surface area contributed by atoms with E-state index in [4.69, 9.17) is 0 Å². The summed E-state index contributed by atoms with van der Waals surface area (Å²) >= 11 is 0. The van der Waals surface area contributed by atoms with Crippen molar-refractivity contribution < 1.29 is 4.79 Å². The van der Waals surface area contributed by atoms with Gasteiger partial charge in [-0.3, -0.25) is 4.79 Å². The predicted octanol–water partition coefficient (Wildman–Crippen LogP) is 3.03. The number of Topliss-reactive ketones (excluding diaryl/α,β-unsaturated/α-hetero) is 1. The smallest absolute Gasteiger partial charge is 0.182 e. The summed E-state index contributed by atoms with van der Waals surface area (Å²) < 4.78 is 0. The molecule has 1 aromatic heterocycles. The first-order valence-corrected chi connectivity index (χ1v) is 6.95. The molecule has 19 heavy (non-hydrogen) atoms. The van der Waals surface area contributed by atoms with Crippen LogP contribution in [0.3, 0.4) is 0 Å². The molecule has 100 valence electrons. The van der Waals surface area contributed by atoms with Crippen LogP contribution in [0.5, 0.6) is 0 Å². The number of H-pyrrole nitrogens is 1. The van der Waals surface area contributed by atoms with Crippen molar-refractivity contribution in [3.8, 4) is 0 Å². The summed E-state index contributed by atoms with van der Waals surface area (Å²) in [7, 11) is 0. The third-order valence-corrected chi connectivity index (χ3v) is 4.18. The molecule has 3 nitrogen and oxygen atoms in total. The van der Waals surface area contributed by atoms with E-state index < -0.39 is 0 Å². The van der Waals surface area contributed by atoms with Gasteiger partial charge < -0.3 is 10.3 Å². The Morgan fingerprint density at radius 3 is 2.63 bits per heavy atom. The Hall–Kier alpha value is -1.61. The van der Waals surface area contributed by atoms with E-state index in [1.54, 1.807) is 0 Å². The second-order valence-electron chi connectivity index (χ2n) is 5.59. The molecule has 1 fully saturated rings. The van der Waals surface area contributed by atoms with Crippen LogP contribution in [0.2, 0.25) is 0 Å². The van der Waals surface area contributed by atoms with Gasteiger partial charge in [0.25, 0.3) is 0 Å². The van der Waals surface area contributed by atoms with Gasteiger partial charge in [-0.2, -0.15) is 0 Å². The van der Waals surface area contributed by atoms with Crippen molar-refractivity contribution in [2.45, 2.75) is 39.7 Å². The average molecular weight is 256 g/mol. The van der Waals surface area contributed by atoms with Gasteiger partial charge in [-0.15, -0.1) is 0 Å². The van der Waals surface area contributed by atoms with Gasteiger partial charge in [-0.1, -0.05) is 12.1 Å². The minimum Gasteiger partial charge on any atom is -0.358 e. The van der Waals surface area contributed by atoms with Crippen LogP contribution in [-0.2, 0) is 0 Å². The number of nitrogens with one attached hydrogen (secondary N) is 2. The zero-order valence-electron chi connectivity index (χ0n) is 11.8. The summed E-state index contributed by atoms with van der Waals surface area (Å²) in [5.41, 5.74) is 5.36. The number of hydrogen-bond donors (Lipinski definition) is 2. The topological polar surface area (TPSA) is 44.9 Å². The molecule has 0 amide bonds. The first-order chi connectivity index (χ1) is 9.09. The molecule has 1 saturated heterocycles. The molecule has 1 aliphatic rings. The highest BCUT2D eigenvalue weighted by Gasteiger charge is 2.27. The van der Waals surface area contributed by atoms with Crippen LogP contribution >= 0.6 is 0 Å². The lowest BCUT2D eigenvalue weighted by molar-refractivity contribution is 0.0953. The standard InChI is InChI=1S/C16H20N2O/c1-9-6-7-10(2)15-13(9)14(11(3)18-15)16(19)12-5-4-8-17-12/h6-7,12,17-18H,4-5,8H2,1-3H3. The van der Waals surface area contributed by atoms with Gasteiger partial charge in [-0.25, -0.2) is 0 Å². The van der Waals surface area contributed by atoms with Crippen molar-refractivity contribution in [1.82, 2.24) is 10.3 Å². The summed E-state index contributed by atoms with van der Waals surface area (Å²) in [5, 5.41) is 4.41. The first-order valence-electron chi connectivity index (χ1n) is 6.95. The minimum atomic E-state index is -0.00221. The predicted molar refractivity (Wildman–Crippen MR) is 77.9 cm³/mol. The van der Waals surface area contributed by atoms with Crippen molar-refractivity contribution in [2.75, 3.05) is 6.54 Å². The number of aromatic nitrogens is 1. The summed E-state index contributed by atoms with van der Waals surface area (Å²) in [4.78, 5) is 16.1. The summed E-state index contributed by atoms with van der Waals surface area (Å²) in [5.74, 6) is 0.245. The van der Waals surface area contributed by atoms with E-state index in [1.165, 1.54) is 11.1 Å². The summed E-state index contributed by atoms with van der Waals surface area (Å²) in [6.45, 7) is 7.12. The Balaban J connectivity index is 2.20. The second kappa shape index (κ2) is 4.49. The maximum atomic E-state index is 12.7. The lowest BCUT2D eigenvalue weighted by atomic mass is 9.96. The monoisotopic (exact) mass is 256 g/mol. The fourth-order valence-electron chi connectivity index (χ4n) is 3.12. The quantitative estimate of drug-likeness (QED) is 0.811. The molecule has 0 radical (unpaired) electrons. The van der Waals surface area contributed by atoms with Gasteiger partial charge >= 0.3 is 0 Å². The lowest BCUT2D eigenvalue weighted by Crippen LogP contribution is -2.31. The van der Waals surface area contributed by atoms with E-state index in [0.29, 0.717) is 0 Å². The summed E-state index contributed by atoms with van der Waals surface area (Å²) in [6.07, 6.45) is 2.05. The highest BCUT2D eigenvalue weighted by Crippen LogP contribution is 2.29. The molecular weight excluding hydrogens is 236 g/mol. The largest absolute Gasteiger partial charge is 0.358 e. The van der Waals surface area contributed by atoms with Gasteiger partial charge in [-0.05, 0) is 51.3 Å². The van der Waals surface area contributed by atoms with Crippen molar-refractivity contribution in [3.63, 3.8) is 0 Å². The molecule has 0 spiro atoms. The van der Waals surface area contributed by atoms with E-state index in [0.717, 1.165) is 41.5 Å². The number of hydrogen-bond acceptors (Lipinski definition) is 2. The molecule has 0 aliphatic carbocycles. The van der Waals surface area contributed by atoms with Crippen molar-refractivity contribution >= 4 is 16.7 Å². The Morgan fingerprint density at radius 1 is 1.21 bits per heavy atom. The van der Waals surface area contributed by atoms with E-state index >= 15 is 0 Å². The molecule has 1 unspecified atom stereocenters. The first kappa shape index (κ1) is 12.4. The number of carbonyl (C=O) groups excluding carboxylic acids is 1. The van der Waals surface area contributed by atoms with Gasteiger partial charge in [0.15, 0.2) is 5.78 Å². The van der Waals surface area contributed by atoms with Gasteiger partial charge in [0.1, 0.15) is 0 Å². The third kappa shape index (κ3) is 1.89. The highest BCUT2D eigenvalue weighted by molar-refractivity contribution is 6.13. The van der Waals surface area contributed by atoms with Crippen LogP contribution in [0.25, 0.3) is 10.9 Å². The molecular formula is C16H20N2O. The Bertz CT molecular complexity index is 648. The van der Waals surface area contributed by atoms with Gasteiger partial charge in [0, 0.05) is 22.2 Å². The lowest BCUT2D eigenvalue weighted by Gasteiger charge is -2.10. The number of fused-ring (bicyclic) bond motifs is 1. The van der Waals surface area contributed by atoms with E-state index in [1.807, 2.05) is 6.92 Å². The van der Waals surface area contributed by atoms with E-state index in [-0.39, 0.29) is 11.8 Å². The van der Waals surface area contributed by atoms with E-state index in [9.17, 15) is 4.79 Å². The molecule has 2 aromatic rings. The number of ketones is 1. The van der Waals surface area contributed by atoms with Gasteiger partial charge in [0.2, 0.25) is 0 Å². The number of carbonyl (C=O) groups is 1. The fraction of sp³-hybridized carbons (Fsp3) is 0.438. The fourth-order valence-corrected chi connectivity index (χ4v) is 3.12. The second-order valence-corrected chi connectivity index (χ2v) is 5.59. The van der Waals surface area contributed by atoms with Crippen LogP contribution < -0.4 is 5.32 Å². The number of aromatic amines is 1. The molecule has 3 heteroatoms. The Morgan fingerprint density at radius 2 is 1.95 bits per heavy atom. The van der Waals surface area contributed by atoms with Crippen molar-refractivity contribution in [2.24, 2.45) is 0 Å². The van der Waals surface area contributed by atoms with Crippen LogP contribution in [-0.4, -0.2) is 23.4 Å². The molecule has 2 heterocycles. The van der Waals surface area contributed by atoms with Gasteiger partial charge in [0.05, 0.1) is 6.04 Å². The van der Waals surface area contributed by atoms with E-state index in [2.05, 4.69) is 36.3 Å². The molecule has 1 atom stereocenters. The molecule has 1 aromatic carbocycles. The average Bonchev–Trinajstić information content (AvgIpc) is 3.00. The normalized spacial score (nSPS) is 19.2. The minimum absolute atomic E-state index is 0.00221. The number of benzene rings is 1. The molecule has 0 saturated carbocycles. The Labute approximate surface area is 113 Å². The molecule has 1 aliphatic heterocycles. The van der Waals surface area contributed by atoms with Crippen LogP contribution in [0.1, 0.15) is 40.0 Å². The maximum absolute atomic E-state index is 12.7. The van der Waals surface area contributed by atoms with Crippen LogP contribution in [0.15, 0.2) is 12.1 Å². The highest BCUT2D eigenvalue weighted by atomic mass is 16.1.